The molecule has 10 heteroatoms. The van der Waals surface area contributed by atoms with E-state index in [1.165, 1.54) is 0 Å². The summed E-state index contributed by atoms with van der Waals surface area (Å²) in [6.07, 6.45) is -0.138. The second-order valence-corrected chi connectivity index (χ2v) is 10.2. The number of nitrogens with zero attached hydrogens (tertiary/aromatic N) is 4. The van der Waals surface area contributed by atoms with Gasteiger partial charge in [-0.05, 0) is 70.8 Å². The number of aliphatic hydroxyl groups is 1. The lowest BCUT2D eigenvalue weighted by molar-refractivity contribution is -0.123. The quantitative estimate of drug-likeness (QED) is 0.0801. The van der Waals surface area contributed by atoms with Gasteiger partial charge in [0, 0.05) is 35.6 Å². The van der Waals surface area contributed by atoms with Crippen molar-refractivity contribution in [3.63, 3.8) is 0 Å². The largest absolute Gasteiger partial charge is 0.497 e. The minimum atomic E-state index is -1.46. The molecular weight excluding hydrogens is 558 g/mol. The maximum Gasteiger partial charge on any atom is 0.257 e. The van der Waals surface area contributed by atoms with Crippen LogP contribution in [0.15, 0.2) is 113 Å². The summed E-state index contributed by atoms with van der Waals surface area (Å²) in [6.45, 7) is 0.568. The smallest absolute Gasteiger partial charge is 0.257 e. The number of hydrogen-bond donors (Lipinski definition) is 2. The van der Waals surface area contributed by atoms with Gasteiger partial charge in [-0.15, -0.1) is 0 Å². The van der Waals surface area contributed by atoms with Crippen molar-refractivity contribution < 1.29 is 24.1 Å². The molecule has 0 radical (unpaired) electrons. The zero-order valence-electron chi connectivity index (χ0n) is 24.3. The first-order chi connectivity index (χ1) is 21.6. The number of aliphatic hydroxyl groups excluding tert-OH is 1. The van der Waals surface area contributed by atoms with Crippen molar-refractivity contribution in [2.75, 3.05) is 25.6 Å². The lowest BCUT2D eigenvalue weighted by Gasteiger charge is -2.31. The normalized spacial score (nSPS) is 17.1. The Hall–Kier alpha value is -5.31. The van der Waals surface area contributed by atoms with Gasteiger partial charge in [-0.25, -0.2) is 4.99 Å². The zero-order chi connectivity index (χ0) is 30.8. The zero-order valence-corrected chi connectivity index (χ0v) is 24.3. The number of anilines is 1. The van der Waals surface area contributed by atoms with Crippen molar-refractivity contribution in [1.29, 1.82) is 0 Å². The fraction of sp³-hybridized carbons (Fsp3) is 0.235. The summed E-state index contributed by atoms with van der Waals surface area (Å²) in [5.74, 6) is 1.21. The average molecular weight is 592 g/mol. The monoisotopic (exact) mass is 591 g/mol. The first-order valence-electron chi connectivity index (χ1n) is 14.2. The SMILES string of the molecule is COc1cccc([C@H]2OC(c3ccc(OCCCO)cc3)=N[C@@]2(Cc2ccccc2CN=[N+]=[N-])C(=O)Nc2ccccc2)c1. The third-order valence-corrected chi connectivity index (χ3v) is 7.34. The third-order valence-electron chi connectivity index (χ3n) is 7.34. The molecule has 0 aliphatic carbocycles. The Balaban J connectivity index is 1.63. The van der Waals surface area contributed by atoms with Crippen LogP contribution >= 0.6 is 0 Å². The highest BCUT2D eigenvalue weighted by molar-refractivity contribution is 6.05. The minimum absolute atomic E-state index is 0.0491. The Morgan fingerprint density at radius 1 is 1.00 bits per heavy atom. The summed E-state index contributed by atoms with van der Waals surface area (Å²) >= 11 is 0. The molecule has 0 unspecified atom stereocenters. The number of amides is 1. The summed E-state index contributed by atoms with van der Waals surface area (Å²) in [5.41, 5.74) is 11.1. The van der Waals surface area contributed by atoms with Crippen LogP contribution in [0.25, 0.3) is 10.4 Å². The molecule has 0 saturated heterocycles. The second-order valence-electron chi connectivity index (χ2n) is 10.2. The van der Waals surface area contributed by atoms with E-state index in [1.54, 1.807) is 19.2 Å². The molecule has 0 fully saturated rings. The molecule has 224 valence electrons. The number of carbonyl (C=O) groups is 1. The number of methoxy groups -OCH3 is 1. The molecule has 5 rings (SSSR count). The number of carbonyl (C=O) groups excluding carboxylic acids is 1. The molecule has 0 spiro atoms. The highest BCUT2D eigenvalue weighted by Gasteiger charge is 2.53. The maximum atomic E-state index is 14.5. The molecule has 4 aromatic rings. The molecule has 4 aromatic carbocycles. The Morgan fingerprint density at radius 3 is 2.48 bits per heavy atom. The van der Waals surface area contributed by atoms with Gasteiger partial charge in [0.1, 0.15) is 11.5 Å². The third kappa shape index (κ3) is 6.83. The molecule has 1 aliphatic rings. The molecule has 10 nitrogen and oxygen atoms in total. The summed E-state index contributed by atoms with van der Waals surface area (Å²) in [4.78, 5) is 22.5. The summed E-state index contributed by atoms with van der Waals surface area (Å²) in [7, 11) is 1.59. The van der Waals surface area contributed by atoms with E-state index in [0.717, 1.165) is 11.1 Å². The van der Waals surface area contributed by atoms with E-state index in [1.807, 2.05) is 91.0 Å². The lowest BCUT2D eigenvalue weighted by atomic mass is 9.80. The van der Waals surface area contributed by atoms with Gasteiger partial charge in [0.05, 0.1) is 20.3 Å². The van der Waals surface area contributed by atoms with Gasteiger partial charge >= 0.3 is 0 Å². The standard InChI is InChI=1S/C34H33N5O5/c1-42-30-14-7-11-25(21-30)31-34(33(41)37-28-12-3-2-4-13-28,22-26-9-5-6-10-27(26)23-36-39-35)38-32(44-31)24-15-17-29(18-16-24)43-20-8-19-40/h2-7,9-18,21,31,40H,8,19-20,22-23H2,1H3,(H,37,41)/t31-,34-/m1/s1. The lowest BCUT2D eigenvalue weighted by Crippen LogP contribution is -2.47. The Labute approximate surface area is 255 Å². The van der Waals surface area contributed by atoms with E-state index in [-0.39, 0.29) is 25.5 Å². The van der Waals surface area contributed by atoms with Crippen LogP contribution in [0.4, 0.5) is 5.69 Å². The van der Waals surface area contributed by atoms with Crippen LogP contribution in [0, 0.1) is 0 Å². The topological polar surface area (TPSA) is 138 Å². The number of hydrogen-bond acceptors (Lipinski definition) is 7. The van der Waals surface area contributed by atoms with Crippen LogP contribution in [0.1, 0.15) is 34.8 Å². The van der Waals surface area contributed by atoms with Crippen LogP contribution in [0.2, 0.25) is 0 Å². The van der Waals surface area contributed by atoms with Crippen molar-refractivity contribution in [3.8, 4) is 11.5 Å². The van der Waals surface area contributed by atoms with E-state index in [2.05, 4.69) is 15.3 Å². The van der Waals surface area contributed by atoms with Gasteiger partial charge in [-0.3, -0.25) is 4.79 Å². The fourth-order valence-electron chi connectivity index (χ4n) is 5.13. The number of ether oxygens (including phenoxy) is 3. The first kappa shape index (κ1) is 30.2. The number of para-hydroxylation sites is 1. The van der Waals surface area contributed by atoms with Crippen molar-refractivity contribution in [2.24, 2.45) is 10.1 Å². The highest BCUT2D eigenvalue weighted by Crippen LogP contribution is 2.44. The van der Waals surface area contributed by atoms with Crippen LogP contribution in [-0.2, 0) is 22.5 Å². The van der Waals surface area contributed by atoms with Crippen LogP contribution in [0.5, 0.6) is 11.5 Å². The molecule has 44 heavy (non-hydrogen) atoms. The predicted octanol–water partition coefficient (Wildman–Crippen LogP) is 6.41. The highest BCUT2D eigenvalue weighted by atomic mass is 16.5. The summed E-state index contributed by atoms with van der Waals surface area (Å²) < 4.78 is 17.8. The van der Waals surface area contributed by atoms with Gasteiger partial charge in [-0.2, -0.15) is 0 Å². The van der Waals surface area contributed by atoms with Crippen molar-refractivity contribution in [1.82, 2.24) is 0 Å². The number of rotatable bonds is 13. The van der Waals surface area contributed by atoms with Gasteiger partial charge < -0.3 is 24.6 Å². The molecule has 2 N–H and O–H groups in total. The van der Waals surface area contributed by atoms with Crippen molar-refractivity contribution >= 4 is 17.5 Å². The van der Waals surface area contributed by atoms with E-state index in [0.29, 0.717) is 47.2 Å². The molecule has 1 amide bonds. The molecule has 1 heterocycles. The Morgan fingerprint density at radius 2 is 1.75 bits per heavy atom. The van der Waals surface area contributed by atoms with Crippen LogP contribution in [-0.4, -0.2) is 42.8 Å². The average Bonchev–Trinajstić information content (AvgIpc) is 3.46. The van der Waals surface area contributed by atoms with Gasteiger partial charge in [-0.1, -0.05) is 59.7 Å². The van der Waals surface area contributed by atoms with Gasteiger partial charge in [0.15, 0.2) is 11.6 Å². The number of benzene rings is 4. The Bertz CT molecular complexity index is 1650. The van der Waals surface area contributed by atoms with Crippen molar-refractivity contribution in [3.05, 3.63) is 136 Å². The molecular formula is C34H33N5O5. The van der Waals surface area contributed by atoms with E-state index >= 15 is 0 Å². The molecule has 1 aliphatic heterocycles. The van der Waals surface area contributed by atoms with E-state index < -0.39 is 11.6 Å². The van der Waals surface area contributed by atoms with Gasteiger partial charge in [0.25, 0.3) is 5.91 Å². The molecule has 0 aromatic heterocycles. The first-order valence-corrected chi connectivity index (χ1v) is 14.2. The summed E-state index contributed by atoms with van der Waals surface area (Å²) in [6, 6.07) is 31.4. The summed E-state index contributed by atoms with van der Waals surface area (Å²) in [5, 5.41) is 15.9. The number of aliphatic imine (C=N–C) groups is 1. The molecule has 0 saturated carbocycles. The van der Waals surface area contributed by atoms with E-state index in [9.17, 15) is 4.79 Å². The van der Waals surface area contributed by atoms with Crippen LogP contribution < -0.4 is 14.8 Å². The Kier molecular flexibility index (Phi) is 9.76. The fourth-order valence-corrected chi connectivity index (χ4v) is 5.13. The molecule has 2 atom stereocenters. The maximum absolute atomic E-state index is 14.5. The minimum Gasteiger partial charge on any atom is -0.497 e. The van der Waals surface area contributed by atoms with Gasteiger partial charge in [0.2, 0.25) is 5.90 Å². The number of azide groups is 1. The molecule has 0 bridgehead atoms. The number of nitrogens with one attached hydrogen (secondary N) is 1. The predicted molar refractivity (Wildman–Crippen MR) is 168 cm³/mol. The second kappa shape index (κ2) is 14.2. The van der Waals surface area contributed by atoms with Crippen molar-refractivity contribution in [2.45, 2.75) is 31.0 Å². The van der Waals surface area contributed by atoms with E-state index in [4.69, 9.17) is 29.8 Å². The van der Waals surface area contributed by atoms with Crippen LogP contribution in [0.3, 0.4) is 0 Å².